The highest BCUT2D eigenvalue weighted by Gasteiger charge is 2.27. The van der Waals surface area contributed by atoms with Crippen LogP contribution in [0.4, 0.5) is 0 Å². The van der Waals surface area contributed by atoms with Crippen molar-refractivity contribution in [2.75, 3.05) is 26.2 Å². The van der Waals surface area contributed by atoms with Gasteiger partial charge in [0.2, 0.25) is 0 Å². The highest BCUT2D eigenvalue weighted by Crippen LogP contribution is 2.32. The van der Waals surface area contributed by atoms with Crippen molar-refractivity contribution < 1.29 is 9.59 Å². The van der Waals surface area contributed by atoms with Crippen molar-refractivity contribution in [1.82, 2.24) is 14.8 Å². The topological polar surface area (TPSA) is 53.5 Å². The molecule has 0 atom stereocenters. The molecule has 4 rings (SSSR count). The van der Waals surface area contributed by atoms with Crippen molar-refractivity contribution in [2.24, 2.45) is 0 Å². The summed E-state index contributed by atoms with van der Waals surface area (Å²) in [5, 5.41) is 2.62. The Morgan fingerprint density at radius 1 is 0.967 bits per heavy atom. The molecule has 2 aromatic heterocycles. The Balaban J connectivity index is 1.47. The largest absolute Gasteiger partial charge is 0.335 e. The van der Waals surface area contributed by atoms with Crippen molar-refractivity contribution >= 4 is 34.9 Å². The third kappa shape index (κ3) is 4.42. The Morgan fingerprint density at radius 3 is 2.40 bits per heavy atom. The lowest BCUT2D eigenvalue weighted by molar-refractivity contribution is 0.0535. The fourth-order valence-electron chi connectivity index (χ4n) is 3.40. The van der Waals surface area contributed by atoms with E-state index in [2.05, 4.69) is 37.0 Å². The van der Waals surface area contributed by atoms with Gasteiger partial charge in [-0.25, -0.2) is 4.98 Å². The van der Waals surface area contributed by atoms with E-state index in [9.17, 15) is 9.59 Å². The number of hydrogen-bond acceptors (Lipinski definition) is 5. The minimum atomic E-state index is -0.0286. The molecular weight excluding hydrogens is 414 g/mol. The summed E-state index contributed by atoms with van der Waals surface area (Å²) in [4.78, 5) is 35.8. The number of benzene rings is 1. The van der Waals surface area contributed by atoms with Crippen LogP contribution in [0.1, 0.15) is 31.2 Å². The summed E-state index contributed by atoms with van der Waals surface area (Å²) < 4.78 is 0. The van der Waals surface area contributed by atoms with E-state index >= 15 is 0 Å². The zero-order valence-corrected chi connectivity index (χ0v) is 18.6. The Bertz CT molecular complexity index is 1060. The number of aromatic nitrogens is 1. The summed E-state index contributed by atoms with van der Waals surface area (Å²) in [5.74, 6) is 0.0174. The molecule has 30 heavy (non-hydrogen) atoms. The molecule has 0 aliphatic carbocycles. The van der Waals surface area contributed by atoms with Crippen LogP contribution in [0.2, 0.25) is 0 Å². The summed E-state index contributed by atoms with van der Waals surface area (Å²) in [6, 6.07) is 13.7. The van der Waals surface area contributed by atoms with E-state index in [1.165, 1.54) is 28.7 Å². The molecule has 1 saturated heterocycles. The molecule has 1 aliphatic heterocycles. The van der Waals surface area contributed by atoms with Gasteiger partial charge in [0.05, 0.1) is 10.4 Å². The molecule has 154 valence electrons. The van der Waals surface area contributed by atoms with Crippen LogP contribution in [0.25, 0.3) is 0 Å². The predicted molar refractivity (Wildman–Crippen MR) is 120 cm³/mol. The lowest BCUT2D eigenvalue weighted by Crippen LogP contribution is -2.50. The monoisotopic (exact) mass is 437 g/mol. The maximum Gasteiger partial charge on any atom is 0.264 e. The SMILES string of the molecule is Cc1ccc(C)c(Sc2ncccc2C(=O)N2CCN(C(=O)c3cccs3)CC2)c1. The normalized spacial score (nSPS) is 14.1. The zero-order chi connectivity index (χ0) is 21.1. The molecule has 5 nitrogen and oxygen atoms in total. The number of aryl methyl sites for hydroxylation is 2. The molecule has 1 fully saturated rings. The predicted octanol–water partition coefficient (Wildman–Crippen LogP) is 4.51. The molecule has 0 bridgehead atoms. The Kier molecular flexibility index (Phi) is 6.20. The van der Waals surface area contributed by atoms with Gasteiger partial charge < -0.3 is 9.80 Å². The first-order chi connectivity index (χ1) is 14.5. The van der Waals surface area contributed by atoms with Crippen LogP contribution >= 0.6 is 23.1 Å². The van der Waals surface area contributed by atoms with E-state index in [0.717, 1.165) is 15.3 Å². The van der Waals surface area contributed by atoms with Crippen LogP contribution in [-0.2, 0) is 0 Å². The summed E-state index contributed by atoms with van der Waals surface area (Å²) in [5.41, 5.74) is 2.95. The van der Waals surface area contributed by atoms with Crippen molar-refractivity contribution in [1.29, 1.82) is 0 Å². The Hall–Kier alpha value is -2.64. The Morgan fingerprint density at radius 2 is 1.70 bits per heavy atom. The number of thiophene rings is 1. The third-order valence-corrected chi connectivity index (χ3v) is 7.17. The second-order valence-corrected chi connectivity index (χ2v) is 9.27. The van der Waals surface area contributed by atoms with Crippen LogP contribution in [0.3, 0.4) is 0 Å². The summed E-state index contributed by atoms with van der Waals surface area (Å²) >= 11 is 2.98. The van der Waals surface area contributed by atoms with E-state index in [0.29, 0.717) is 36.8 Å². The Labute approximate surface area is 184 Å². The van der Waals surface area contributed by atoms with Gasteiger partial charge in [0, 0.05) is 37.3 Å². The van der Waals surface area contributed by atoms with Crippen LogP contribution in [0.5, 0.6) is 0 Å². The van der Waals surface area contributed by atoms with Gasteiger partial charge in [-0.2, -0.15) is 0 Å². The van der Waals surface area contributed by atoms with Crippen LogP contribution < -0.4 is 0 Å². The van der Waals surface area contributed by atoms with Crippen molar-refractivity contribution in [3.05, 3.63) is 75.6 Å². The van der Waals surface area contributed by atoms with Crippen LogP contribution in [-0.4, -0.2) is 52.8 Å². The lowest BCUT2D eigenvalue weighted by Gasteiger charge is -2.34. The minimum Gasteiger partial charge on any atom is -0.335 e. The number of rotatable bonds is 4. The van der Waals surface area contributed by atoms with Gasteiger partial charge >= 0.3 is 0 Å². The van der Waals surface area contributed by atoms with Crippen molar-refractivity contribution in [3.8, 4) is 0 Å². The van der Waals surface area contributed by atoms with Crippen molar-refractivity contribution in [3.63, 3.8) is 0 Å². The fourth-order valence-corrected chi connectivity index (χ4v) is 5.15. The summed E-state index contributed by atoms with van der Waals surface area (Å²) in [6.07, 6.45) is 1.72. The van der Waals surface area contributed by atoms with Gasteiger partial charge in [0.1, 0.15) is 5.03 Å². The molecule has 3 aromatic rings. The zero-order valence-electron chi connectivity index (χ0n) is 17.0. The molecule has 0 saturated carbocycles. The number of hydrogen-bond donors (Lipinski definition) is 0. The van der Waals surface area contributed by atoms with E-state index in [1.54, 1.807) is 12.3 Å². The van der Waals surface area contributed by atoms with Gasteiger partial charge in [-0.05, 0) is 54.6 Å². The number of pyridine rings is 1. The van der Waals surface area contributed by atoms with E-state index < -0.39 is 0 Å². The van der Waals surface area contributed by atoms with Gasteiger partial charge in [0.15, 0.2) is 0 Å². The summed E-state index contributed by atoms with van der Waals surface area (Å²) in [6.45, 7) is 6.27. The number of nitrogens with zero attached hydrogens (tertiary/aromatic N) is 3. The standard InChI is InChI=1S/C23H23N3O2S2/c1-16-7-8-17(2)20(15-16)30-21-18(5-3-9-24-21)22(27)25-10-12-26(13-11-25)23(28)19-6-4-14-29-19/h3-9,14-15H,10-13H2,1-2H3. The number of carbonyl (C=O) groups excluding carboxylic acids is 2. The molecule has 7 heteroatoms. The molecule has 0 spiro atoms. The van der Waals surface area contributed by atoms with Gasteiger partial charge in [-0.3, -0.25) is 9.59 Å². The highest BCUT2D eigenvalue weighted by atomic mass is 32.2. The van der Waals surface area contributed by atoms with Gasteiger partial charge in [-0.1, -0.05) is 30.0 Å². The van der Waals surface area contributed by atoms with Crippen LogP contribution in [0.15, 0.2) is 64.0 Å². The second kappa shape index (κ2) is 9.02. The molecule has 3 heterocycles. The lowest BCUT2D eigenvalue weighted by atomic mass is 10.2. The van der Waals surface area contributed by atoms with Crippen molar-refractivity contribution in [2.45, 2.75) is 23.8 Å². The summed E-state index contributed by atoms with van der Waals surface area (Å²) in [7, 11) is 0. The maximum atomic E-state index is 13.2. The maximum absolute atomic E-state index is 13.2. The first-order valence-corrected chi connectivity index (χ1v) is 11.5. The third-order valence-electron chi connectivity index (χ3n) is 5.14. The molecule has 0 radical (unpaired) electrons. The first-order valence-electron chi connectivity index (χ1n) is 9.85. The number of piperazine rings is 1. The van der Waals surface area contributed by atoms with Gasteiger partial charge in [-0.15, -0.1) is 11.3 Å². The van der Waals surface area contributed by atoms with E-state index in [1.807, 2.05) is 33.4 Å². The highest BCUT2D eigenvalue weighted by molar-refractivity contribution is 7.99. The average Bonchev–Trinajstić information content (AvgIpc) is 3.31. The van der Waals surface area contributed by atoms with E-state index in [-0.39, 0.29) is 11.8 Å². The molecule has 2 amide bonds. The molecule has 0 unspecified atom stereocenters. The molecule has 0 N–H and O–H groups in total. The smallest absolute Gasteiger partial charge is 0.264 e. The average molecular weight is 438 g/mol. The second-order valence-electron chi connectivity index (χ2n) is 7.29. The van der Waals surface area contributed by atoms with Gasteiger partial charge in [0.25, 0.3) is 11.8 Å². The fraction of sp³-hybridized carbons (Fsp3) is 0.261. The molecule has 1 aromatic carbocycles. The first kappa shape index (κ1) is 20.6. The number of carbonyl (C=O) groups is 2. The van der Waals surface area contributed by atoms with Crippen LogP contribution in [0, 0.1) is 13.8 Å². The molecule has 1 aliphatic rings. The minimum absolute atomic E-state index is 0.0286. The van der Waals surface area contributed by atoms with E-state index in [4.69, 9.17) is 0 Å². The number of amides is 2. The molecular formula is C23H23N3O2S2. The quantitative estimate of drug-likeness (QED) is 0.603.